The molecule has 0 saturated heterocycles. The van der Waals surface area contributed by atoms with Gasteiger partial charge in [0.25, 0.3) is 5.56 Å². The molecule has 2 heterocycles. The van der Waals surface area contributed by atoms with Crippen LogP contribution in [-0.2, 0) is 20.6 Å². The molecule has 3 rings (SSSR count). The van der Waals surface area contributed by atoms with Gasteiger partial charge in [-0.15, -0.1) is 0 Å². The number of aromatic nitrogens is 4. The zero-order chi connectivity index (χ0) is 18.1. The summed E-state index contributed by atoms with van der Waals surface area (Å²) in [6.07, 6.45) is -0.865. The highest BCUT2D eigenvalue weighted by Gasteiger charge is 2.20. The number of imidazole rings is 1. The van der Waals surface area contributed by atoms with Gasteiger partial charge in [-0.3, -0.25) is 13.9 Å². The van der Waals surface area contributed by atoms with Crippen molar-refractivity contribution in [1.29, 1.82) is 0 Å². The molecule has 0 saturated carbocycles. The van der Waals surface area contributed by atoms with Crippen LogP contribution in [0.25, 0.3) is 11.2 Å². The van der Waals surface area contributed by atoms with Crippen LogP contribution < -0.4 is 16.0 Å². The third kappa shape index (κ3) is 3.24. The van der Waals surface area contributed by atoms with Gasteiger partial charge < -0.3 is 14.4 Å². The van der Waals surface area contributed by atoms with Gasteiger partial charge in [0.05, 0.1) is 6.54 Å². The molecular weight excluding hydrogens is 392 g/mol. The Hall–Kier alpha value is -2.39. The minimum Gasteiger partial charge on any atom is -0.491 e. The lowest BCUT2D eigenvalue weighted by molar-refractivity contribution is 0.0928. The Morgan fingerprint density at radius 1 is 1.20 bits per heavy atom. The summed E-state index contributed by atoms with van der Waals surface area (Å²) < 4.78 is 9.74. The number of rotatable bonds is 5. The van der Waals surface area contributed by atoms with E-state index >= 15 is 0 Å². The van der Waals surface area contributed by atoms with Crippen LogP contribution in [0.3, 0.4) is 0 Å². The summed E-state index contributed by atoms with van der Waals surface area (Å²) in [5.74, 6) is 0.648. The second kappa shape index (κ2) is 6.85. The predicted molar refractivity (Wildman–Crippen MR) is 95.9 cm³/mol. The van der Waals surface area contributed by atoms with Gasteiger partial charge in [0.15, 0.2) is 15.9 Å². The van der Waals surface area contributed by atoms with Crippen LogP contribution >= 0.6 is 15.9 Å². The maximum atomic E-state index is 12.5. The van der Waals surface area contributed by atoms with Gasteiger partial charge in [-0.05, 0) is 28.1 Å². The van der Waals surface area contributed by atoms with Gasteiger partial charge >= 0.3 is 5.69 Å². The van der Waals surface area contributed by atoms with Crippen molar-refractivity contribution in [2.75, 3.05) is 6.61 Å². The van der Waals surface area contributed by atoms with E-state index in [0.717, 1.165) is 4.57 Å². The summed E-state index contributed by atoms with van der Waals surface area (Å²) in [6, 6.07) is 9.14. The molecule has 132 valence electrons. The Bertz CT molecular complexity index is 1020. The molecule has 1 aromatic carbocycles. The van der Waals surface area contributed by atoms with Crippen LogP contribution in [0, 0.1) is 0 Å². The molecule has 0 bridgehead atoms. The number of benzene rings is 1. The monoisotopic (exact) mass is 408 g/mol. The maximum absolute atomic E-state index is 12.5. The Balaban J connectivity index is 1.90. The third-order valence-electron chi connectivity index (χ3n) is 3.88. The number of halogens is 1. The first-order valence-electron chi connectivity index (χ1n) is 7.57. The summed E-state index contributed by atoms with van der Waals surface area (Å²) >= 11 is 3.29. The fourth-order valence-electron chi connectivity index (χ4n) is 2.56. The van der Waals surface area contributed by atoms with Crippen molar-refractivity contribution >= 4 is 27.1 Å². The van der Waals surface area contributed by atoms with Gasteiger partial charge in [0.1, 0.15) is 18.5 Å². The smallest absolute Gasteiger partial charge is 0.332 e. The minimum absolute atomic E-state index is 0.0577. The van der Waals surface area contributed by atoms with E-state index in [-0.39, 0.29) is 24.3 Å². The highest BCUT2D eigenvalue weighted by molar-refractivity contribution is 9.10. The largest absolute Gasteiger partial charge is 0.491 e. The second-order valence-electron chi connectivity index (χ2n) is 5.65. The Labute approximate surface area is 151 Å². The normalized spacial score (nSPS) is 12.5. The maximum Gasteiger partial charge on any atom is 0.332 e. The zero-order valence-corrected chi connectivity index (χ0v) is 15.3. The van der Waals surface area contributed by atoms with Gasteiger partial charge in [-0.1, -0.05) is 18.2 Å². The molecule has 0 spiro atoms. The standard InChI is InChI=1S/C16H17BrN4O4/c1-19-13-12(14(23)20(2)16(19)24)21(15(17)18-13)8-10(22)9-25-11-6-4-3-5-7-11/h3-7,10,22H,8-9H2,1-2H3. The van der Waals surface area contributed by atoms with E-state index in [9.17, 15) is 14.7 Å². The third-order valence-corrected chi connectivity index (χ3v) is 4.49. The molecule has 0 aliphatic carbocycles. The molecule has 25 heavy (non-hydrogen) atoms. The molecule has 3 aromatic rings. The van der Waals surface area contributed by atoms with Crippen LogP contribution in [0.15, 0.2) is 44.7 Å². The quantitative estimate of drug-likeness (QED) is 0.625. The Morgan fingerprint density at radius 3 is 2.56 bits per heavy atom. The Morgan fingerprint density at radius 2 is 1.88 bits per heavy atom. The summed E-state index contributed by atoms with van der Waals surface area (Å²) in [4.78, 5) is 28.7. The summed E-state index contributed by atoms with van der Waals surface area (Å²) in [7, 11) is 2.95. The van der Waals surface area contributed by atoms with Gasteiger partial charge in [0.2, 0.25) is 0 Å². The van der Waals surface area contributed by atoms with E-state index in [0.29, 0.717) is 10.5 Å². The number of ether oxygens (including phenoxy) is 1. The van der Waals surface area contributed by atoms with Gasteiger partial charge in [-0.2, -0.15) is 0 Å². The van der Waals surface area contributed by atoms with Crippen LogP contribution in [0.5, 0.6) is 5.75 Å². The fourth-order valence-corrected chi connectivity index (χ4v) is 3.05. The molecule has 2 aromatic heterocycles. The molecule has 1 unspecified atom stereocenters. The van der Waals surface area contributed by atoms with E-state index in [1.54, 1.807) is 19.2 Å². The number of hydrogen-bond acceptors (Lipinski definition) is 5. The average Bonchev–Trinajstić information content (AvgIpc) is 2.94. The van der Waals surface area contributed by atoms with E-state index in [1.165, 1.54) is 16.2 Å². The van der Waals surface area contributed by atoms with E-state index in [4.69, 9.17) is 4.74 Å². The number of hydrogen-bond donors (Lipinski definition) is 1. The number of nitrogens with zero attached hydrogens (tertiary/aromatic N) is 4. The van der Waals surface area contributed by atoms with Crippen LogP contribution in [-0.4, -0.2) is 36.5 Å². The lowest BCUT2D eigenvalue weighted by Gasteiger charge is -2.14. The highest BCUT2D eigenvalue weighted by Crippen LogP contribution is 2.17. The molecule has 0 radical (unpaired) electrons. The van der Waals surface area contributed by atoms with Crippen LogP contribution in [0.4, 0.5) is 0 Å². The van der Waals surface area contributed by atoms with Gasteiger partial charge in [-0.25, -0.2) is 9.78 Å². The summed E-state index contributed by atoms with van der Waals surface area (Å²) in [5.41, 5.74) is -0.415. The summed E-state index contributed by atoms with van der Waals surface area (Å²) in [6.45, 7) is 0.152. The second-order valence-corrected chi connectivity index (χ2v) is 6.36. The molecule has 0 aliphatic rings. The van der Waals surface area contributed by atoms with Crippen molar-refractivity contribution in [3.05, 3.63) is 55.9 Å². The number of fused-ring (bicyclic) bond motifs is 1. The molecule has 9 heteroatoms. The molecule has 0 aliphatic heterocycles. The number of aliphatic hydroxyl groups excluding tert-OH is 1. The van der Waals surface area contributed by atoms with Crippen molar-refractivity contribution in [3.8, 4) is 5.75 Å². The van der Waals surface area contributed by atoms with Crippen LogP contribution in [0.2, 0.25) is 0 Å². The van der Waals surface area contributed by atoms with Crippen molar-refractivity contribution in [2.45, 2.75) is 12.6 Å². The number of aliphatic hydroxyl groups is 1. The topological polar surface area (TPSA) is 91.3 Å². The first kappa shape index (κ1) is 17.4. The molecule has 8 nitrogen and oxygen atoms in total. The lowest BCUT2D eigenvalue weighted by atomic mass is 10.3. The van der Waals surface area contributed by atoms with Crippen molar-refractivity contribution in [1.82, 2.24) is 18.7 Å². The van der Waals surface area contributed by atoms with E-state index in [2.05, 4.69) is 20.9 Å². The Kier molecular flexibility index (Phi) is 4.78. The molecule has 1 N–H and O–H groups in total. The predicted octanol–water partition coefficient (Wildman–Crippen LogP) is 0.636. The first-order valence-corrected chi connectivity index (χ1v) is 8.37. The van der Waals surface area contributed by atoms with E-state index < -0.39 is 17.4 Å². The van der Waals surface area contributed by atoms with Crippen molar-refractivity contribution in [3.63, 3.8) is 0 Å². The highest BCUT2D eigenvalue weighted by atomic mass is 79.9. The zero-order valence-electron chi connectivity index (χ0n) is 13.7. The average molecular weight is 409 g/mol. The SMILES string of the molecule is Cn1c(=O)c2c(nc(Br)n2CC(O)COc2ccccc2)n(C)c1=O. The van der Waals surface area contributed by atoms with E-state index in [1.807, 2.05) is 18.2 Å². The molecule has 1 atom stereocenters. The van der Waals surface area contributed by atoms with Crippen molar-refractivity contribution in [2.24, 2.45) is 14.1 Å². The van der Waals surface area contributed by atoms with Crippen LogP contribution in [0.1, 0.15) is 0 Å². The fraction of sp³-hybridized carbons (Fsp3) is 0.312. The number of aryl methyl sites for hydroxylation is 1. The minimum atomic E-state index is -0.865. The molecule has 0 fully saturated rings. The lowest BCUT2D eigenvalue weighted by Crippen LogP contribution is -2.38. The summed E-state index contributed by atoms with van der Waals surface area (Å²) in [5, 5.41) is 10.3. The van der Waals surface area contributed by atoms with Gasteiger partial charge in [0, 0.05) is 14.1 Å². The first-order chi connectivity index (χ1) is 11.9. The van der Waals surface area contributed by atoms with Crippen molar-refractivity contribution < 1.29 is 9.84 Å². The molecular formula is C16H17BrN4O4. The molecule has 0 amide bonds. The number of para-hydroxylation sites is 1.